The molecule has 4 nitrogen and oxygen atoms in total. The number of nitrogens with one attached hydrogen (secondary N) is 1. The van der Waals surface area contributed by atoms with Crippen molar-refractivity contribution in [3.63, 3.8) is 0 Å². The van der Waals surface area contributed by atoms with E-state index < -0.39 is 0 Å². The Kier molecular flexibility index (Phi) is 2.35. The summed E-state index contributed by atoms with van der Waals surface area (Å²) in [5.41, 5.74) is 0.666. The second-order valence-electron chi connectivity index (χ2n) is 3.08. The number of ketones is 1. The number of nitrogens with zero attached hydrogens (tertiary/aromatic N) is 1. The summed E-state index contributed by atoms with van der Waals surface area (Å²) in [5.74, 6) is 1.36. The molecule has 0 amide bonds. The van der Waals surface area contributed by atoms with E-state index in [2.05, 4.69) is 10.3 Å². The molecule has 1 aromatic heterocycles. The number of hydrogen-bond donors (Lipinski definition) is 1. The first-order chi connectivity index (χ1) is 6.81. The molecule has 2 rings (SSSR count). The topological polar surface area (TPSA) is 51.2 Å². The molecule has 1 N–H and O–H groups in total. The van der Waals surface area contributed by atoms with Crippen LogP contribution in [0.4, 0.5) is 5.82 Å². The Morgan fingerprint density at radius 1 is 1.57 bits per heavy atom. The van der Waals surface area contributed by atoms with Crippen molar-refractivity contribution in [3.05, 3.63) is 17.7 Å². The molecule has 0 spiro atoms. The molecular weight excluding hydrogens is 180 g/mol. The highest BCUT2D eigenvalue weighted by atomic mass is 16.5. The van der Waals surface area contributed by atoms with E-state index in [-0.39, 0.29) is 5.78 Å². The zero-order valence-corrected chi connectivity index (χ0v) is 8.04. The molecule has 1 aliphatic heterocycles. The molecule has 0 saturated carbocycles. The molecule has 0 fully saturated rings. The number of carbonyl (C=O) groups excluding carboxylic acids is 1. The number of Topliss-reactive ketones (excluding diaryl/α,β-unsaturated/α-hetero) is 1. The van der Waals surface area contributed by atoms with Gasteiger partial charge in [-0.2, -0.15) is 4.98 Å². The van der Waals surface area contributed by atoms with Gasteiger partial charge in [-0.25, -0.2) is 0 Å². The van der Waals surface area contributed by atoms with Crippen LogP contribution in [0.1, 0.15) is 23.7 Å². The number of pyridine rings is 1. The van der Waals surface area contributed by atoms with Crippen LogP contribution in [0.5, 0.6) is 5.88 Å². The van der Waals surface area contributed by atoms with Crippen LogP contribution in [0.15, 0.2) is 12.1 Å². The predicted octanol–water partition coefficient (Wildman–Crippen LogP) is 1.48. The zero-order valence-electron chi connectivity index (χ0n) is 8.04. The Hall–Kier alpha value is -1.58. The summed E-state index contributed by atoms with van der Waals surface area (Å²) in [7, 11) is 0. The van der Waals surface area contributed by atoms with E-state index in [1.807, 2.05) is 6.92 Å². The van der Waals surface area contributed by atoms with Crippen LogP contribution < -0.4 is 10.1 Å². The number of hydrogen-bond acceptors (Lipinski definition) is 4. The molecule has 14 heavy (non-hydrogen) atoms. The van der Waals surface area contributed by atoms with Gasteiger partial charge in [0.15, 0.2) is 5.78 Å². The van der Waals surface area contributed by atoms with Crippen molar-refractivity contribution < 1.29 is 9.53 Å². The molecular formula is C10H12N2O2. The molecule has 0 radical (unpaired) electrons. The number of carbonyl (C=O) groups is 1. The van der Waals surface area contributed by atoms with E-state index >= 15 is 0 Å². The van der Waals surface area contributed by atoms with Crippen LogP contribution in [0, 0.1) is 0 Å². The van der Waals surface area contributed by atoms with Gasteiger partial charge in [0, 0.05) is 19.0 Å². The fourth-order valence-corrected chi connectivity index (χ4v) is 1.46. The van der Waals surface area contributed by atoms with Crippen molar-refractivity contribution in [2.75, 3.05) is 18.5 Å². The summed E-state index contributed by atoms with van der Waals surface area (Å²) in [6.45, 7) is 3.15. The Bertz CT molecular complexity index is 363. The Labute approximate surface area is 82.3 Å². The van der Waals surface area contributed by atoms with E-state index in [0.29, 0.717) is 36.8 Å². The van der Waals surface area contributed by atoms with Gasteiger partial charge in [0.25, 0.3) is 0 Å². The van der Waals surface area contributed by atoms with Crippen LogP contribution in [-0.2, 0) is 0 Å². The predicted molar refractivity (Wildman–Crippen MR) is 52.8 cm³/mol. The van der Waals surface area contributed by atoms with E-state index in [1.54, 1.807) is 12.1 Å². The summed E-state index contributed by atoms with van der Waals surface area (Å²) in [6, 6.07) is 3.50. The molecule has 1 aromatic rings. The van der Waals surface area contributed by atoms with E-state index in [1.165, 1.54) is 0 Å². The van der Waals surface area contributed by atoms with Gasteiger partial charge in [-0.15, -0.1) is 0 Å². The monoisotopic (exact) mass is 192 g/mol. The zero-order chi connectivity index (χ0) is 9.97. The minimum Gasteiger partial charge on any atom is -0.478 e. The third-order valence-electron chi connectivity index (χ3n) is 2.11. The maximum atomic E-state index is 11.4. The second kappa shape index (κ2) is 3.65. The van der Waals surface area contributed by atoms with Crippen LogP contribution in [0.25, 0.3) is 0 Å². The van der Waals surface area contributed by atoms with Crippen LogP contribution in [0.2, 0.25) is 0 Å². The lowest BCUT2D eigenvalue weighted by Crippen LogP contribution is -2.19. The molecule has 0 bridgehead atoms. The lowest BCUT2D eigenvalue weighted by Gasteiger charge is -2.16. The molecule has 4 heteroatoms. The number of aromatic nitrogens is 1. The second-order valence-corrected chi connectivity index (χ2v) is 3.08. The van der Waals surface area contributed by atoms with Crippen molar-refractivity contribution in [2.45, 2.75) is 13.3 Å². The van der Waals surface area contributed by atoms with Crippen molar-refractivity contribution in [1.82, 2.24) is 4.98 Å². The fourth-order valence-electron chi connectivity index (χ4n) is 1.46. The Balaban J connectivity index is 2.34. The molecule has 0 saturated heterocycles. The minimum atomic E-state index is 0.147. The van der Waals surface area contributed by atoms with Crippen molar-refractivity contribution in [2.24, 2.45) is 0 Å². The van der Waals surface area contributed by atoms with Crippen molar-refractivity contribution in [3.8, 4) is 5.88 Å². The van der Waals surface area contributed by atoms with Gasteiger partial charge in [0.2, 0.25) is 5.88 Å². The standard InChI is InChI=1S/C10H12N2O2/c1-2-14-9-4-3-7-8(13)5-6-11-10(7)12-9/h3-4H,2,5-6H2,1H3,(H,11,12). The Morgan fingerprint density at radius 3 is 3.21 bits per heavy atom. The number of ether oxygens (including phenoxy) is 1. The van der Waals surface area contributed by atoms with Gasteiger partial charge >= 0.3 is 0 Å². The van der Waals surface area contributed by atoms with Gasteiger partial charge in [-0.3, -0.25) is 4.79 Å². The summed E-state index contributed by atoms with van der Waals surface area (Å²) in [6.07, 6.45) is 0.544. The molecule has 0 aliphatic carbocycles. The van der Waals surface area contributed by atoms with Crippen molar-refractivity contribution >= 4 is 11.6 Å². The van der Waals surface area contributed by atoms with E-state index in [9.17, 15) is 4.79 Å². The lowest BCUT2D eigenvalue weighted by molar-refractivity contribution is 0.0983. The maximum absolute atomic E-state index is 11.4. The summed E-state index contributed by atoms with van der Waals surface area (Å²) < 4.78 is 5.24. The smallest absolute Gasteiger partial charge is 0.215 e. The highest BCUT2D eigenvalue weighted by Crippen LogP contribution is 2.22. The normalized spacial score (nSPS) is 14.5. The van der Waals surface area contributed by atoms with Gasteiger partial charge in [-0.1, -0.05) is 0 Å². The average molecular weight is 192 g/mol. The molecule has 0 unspecified atom stereocenters. The number of fused-ring (bicyclic) bond motifs is 1. The minimum absolute atomic E-state index is 0.147. The van der Waals surface area contributed by atoms with Gasteiger partial charge < -0.3 is 10.1 Å². The quantitative estimate of drug-likeness (QED) is 0.771. The molecule has 1 aliphatic rings. The summed E-state index contributed by atoms with van der Waals surface area (Å²) in [5, 5.41) is 3.08. The molecule has 2 heterocycles. The fraction of sp³-hybridized carbons (Fsp3) is 0.400. The van der Waals surface area contributed by atoms with Gasteiger partial charge in [-0.05, 0) is 13.0 Å². The highest BCUT2D eigenvalue weighted by Gasteiger charge is 2.17. The largest absolute Gasteiger partial charge is 0.478 e. The summed E-state index contributed by atoms with van der Waals surface area (Å²) >= 11 is 0. The first kappa shape index (κ1) is 8.99. The molecule has 0 atom stereocenters. The van der Waals surface area contributed by atoms with E-state index in [4.69, 9.17) is 4.74 Å². The molecule has 74 valence electrons. The number of anilines is 1. The van der Waals surface area contributed by atoms with E-state index in [0.717, 1.165) is 0 Å². The van der Waals surface area contributed by atoms with Crippen molar-refractivity contribution in [1.29, 1.82) is 0 Å². The maximum Gasteiger partial charge on any atom is 0.215 e. The third-order valence-corrected chi connectivity index (χ3v) is 2.11. The average Bonchev–Trinajstić information content (AvgIpc) is 2.18. The van der Waals surface area contributed by atoms with Crippen LogP contribution >= 0.6 is 0 Å². The van der Waals surface area contributed by atoms with Crippen LogP contribution in [0.3, 0.4) is 0 Å². The van der Waals surface area contributed by atoms with Gasteiger partial charge in [0.1, 0.15) is 5.82 Å². The Morgan fingerprint density at radius 2 is 2.43 bits per heavy atom. The highest BCUT2D eigenvalue weighted by molar-refractivity contribution is 6.02. The summed E-state index contributed by atoms with van der Waals surface area (Å²) in [4.78, 5) is 15.6. The lowest BCUT2D eigenvalue weighted by atomic mass is 10.1. The first-order valence-electron chi connectivity index (χ1n) is 4.72. The van der Waals surface area contributed by atoms with Gasteiger partial charge in [0.05, 0.1) is 12.2 Å². The number of rotatable bonds is 2. The third kappa shape index (κ3) is 1.55. The first-order valence-corrected chi connectivity index (χ1v) is 4.72. The van der Waals surface area contributed by atoms with Crippen LogP contribution in [-0.4, -0.2) is 23.9 Å². The SMILES string of the molecule is CCOc1ccc2c(n1)NCCC2=O. The molecule has 0 aromatic carbocycles.